The van der Waals surface area contributed by atoms with Crippen LogP contribution in [0.2, 0.25) is 5.02 Å². The number of aromatic nitrogens is 2. The quantitative estimate of drug-likeness (QED) is 0.849. The highest BCUT2D eigenvalue weighted by atomic mass is 35.5. The molecule has 0 bridgehead atoms. The predicted molar refractivity (Wildman–Crippen MR) is 76.8 cm³/mol. The molecule has 2 aromatic rings. The fourth-order valence-electron chi connectivity index (χ4n) is 2.04. The van der Waals surface area contributed by atoms with Crippen molar-refractivity contribution in [1.82, 2.24) is 15.4 Å². The van der Waals surface area contributed by atoms with Crippen molar-refractivity contribution in [2.24, 2.45) is 11.0 Å². The average molecular weight is 299 g/mol. The molecule has 0 saturated heterocycles. The molecule has 0 saturated carbocycles. The second-order valence-corrected chi connectivity index (χ2v) is 4.82. The molecule has 1 atom stereocenters. The first-order valence-corrected chi connectivity index (χ1v) is 6.03. The maximum atomic E-state index is 11.2. The van der Waals surface area contributed by atoms with Crippen molar-refractivity contribution in [2.75, 3.05) is 0 Å². The molecular weight excluding hydrogens is 287 g/mol. The van der Waals surface area contributed by atoms with E-state index in [2.05, 4.69) is 20.5 Å². The Kier molecular flexibility index (Phi) is 3.78. The van der Waals surface area contributed by atoms with Gasteiger partial charge in [-0.3, -0.25) is 4.79 Å². The van der Waals surface area contributed by atoms with E-state index in [0.717, 1.165) is 16.7 Å². The number of nitrogens with zero attached hydrogens (tertiary/aromatic N) is 2. The van der Waals surface area contributed by atoms with Gasteiger partial charge in [0.2, 0.25) is 5.91 Å². The summed E-state index contributed by atoms with van der Waals surface area (Å²) in [4.78, 5) is 18.8. The number of amides is 1. The van der Waals surface area contributed by atoms with Crippen LogP contribution < -0.4 is 5.43 Å². The number of H-pyrrole nitrogens is 1. The number of nitrogens with one attached hydrogen (secondary N) is 2. The molecule has 1 aromatic carbocycles. The van der Waals surface area contributed by atoms with Crippen LogP contribution >= 0.6 is 24.0 Å². The van der Waals surface area contributed by atoms with Gasteiger partial charge in [-0.1, -0.05) is 18.5 Å². The van der Waals surface area contributed by atoms with Gasteiger partial charge in [-0.25, -0.2) is 10.4 Å². The predicted octanol–water partition coefficient (Wildman–Crippen LogP) is 2.50. The van der Waals surface area contributed by atoms with Crippen LogP contribution in [0.5, 0.6) is 0 Å². The molecular formula is C12H12Cl2N4O. The van der Waals surface area contributed by atoms with Gasteiger partial charge in [-0.15, -0.1) is 12.4 Å². The van der Waals surface area contributed by atoms with E-state index in [4.69, 9.17) is 11.6 Å². The van der Waals surface area contributed by atoms with Crippen molar-refractivity contribution in [3.63, 3.8) is 0 Å². The summed E-state index contributed by atoms with van der Waals surface area (Å²) < 4.78 is 0. The van der Waals surface area contributed by atoms with E-state index >= 15 is 0 Å². The Morgan fingerprint density at radius 3 is 2.95 bits per heavy atom. The van der Waals surface area contributed by atoms with Crippen LogP contribution in [-0.2, 0) is 4.79 Å². The molecule has 1 aromatic heterocycles. The number of benzene rings is 1. The van der Waals surface area contributed by atoms with Crippen molar-refractivity contribution in [3.05, 3.63) is 29.0 Å². The van der Waals surface area contributed by atoms with Crippen LogP contribution in [0.1, 0.15) is 19.2 Å². The largest absolute Gasteiger partial charge is 0.337 e. The highest BCUT2D eigenvalue weighted by molar-refractivity contribution is 6.31. The van der Waals surface area contributed by atoms with Crippen LogP contribution in [0, 0.1) is 5.92 Å². The van der Waals surface area contributed by atoms with Crippen molar-refractivity contribution in [1.29, 1.82) is 0 Å². The van der Waals surface area contributed by atoms with Crippen molar-refractivity contribution >= 4 is 46.7 Å². The molecule has 7 heteroatoms. The molecule has 1 unspecified atom stereocenters. The van der Waals surface area contributed by atoms with Gasteiger partial charge in [0.15, 0.2) is 5.82 Å². The number of carbonyl (C=O) groups is 1. The number of hydrogen-bond acceptors (Lipinski definition) is 3. The summed E-state index contributed by atoms with van der Waals surface area (Å²) in [5.41, 5.74) is 4.94. The summed E-state index contributed by atoms with van der Waals surface area (Å²) in [6.07, 6.45) is 0.427. The van der Waals surface area contributed by atoms with Crippen molar-refractivity contribution in [2.45, 2.75) is 13.3 Å². The highest BCUT2D eigenvalue weighted by Crippen LogP contribution is 2.20. The van der Waals surface area contributed by atoms with Crippen molar-refractivity contribution in [3.8, 4) is 0 Å². The zero-order chi connectivity index (χ0) is 12.7. The van der Waals surface area contributed by atoms with Gasteiger partial charge >= 0.3 is 0 Å². The molecule has 0 fully saturated rings. The number of halogens is 2. The van der Waals surface area contributed by atoms with Gasteiger partial charge in [-0.2, -0.15) is 5.10 Å². The van der Waals surface area contributed by atoms with Crippen molar-refractivity contribution < 1.29 is 4.79 Å². The van der Waals surface area contributed by atoms with Gasteiger partial charge in [0.1, 0.15) is 5.71 Å². The zero-order valence-corrected chi connectivity index (χ0v) is 11.7. The lowest BCUT2D eigenvalue weighted by Gasteiger charge is -2.16. The summed E-state index contributed by atoms with van der Waals surface area (Å²) in [6, 6.07) is 5.46. The highest BCUT2D eigenvalue weighted by Gasteiger charge is 2.23. The number of hydrogen-bond donors (Lipinski definition) is 2. The van der Waals surface area contributed by atoms with E-state index in [1.54, 1.807) is 6.07 Å². The number of rotatable bonds is 1. The lowest BCUT2D eigenvalue weighted by atomic mass is 10.00. The Labute approximate surface area is 120 Å². The van der Waals surface area contributed by atoms with Gasteiger partial charge in [-0.05, 0) is 18.2 Å². The third-order valence-electron chi connectivity index (χ3n) is 2.95. The van der Waals surface area contributed by atoms with Crippen LogP contribution in [0.15, 0.2) is 23.3 Å². The van der Waals surface area contributed by atoms with E-state index in [1.807, 2.05) is 19.1 Å². The summed E-state index contributed by atoms with van der Waals surface area (Å²) in [7, 11) is 0. The van der Waals surface area contributed by atoms with E-state index in [0.29, 0.717) is 17.3 Å². The number of imidazole rings is 1. The molecule has 2 N–H and O–H groups in total. The Morgan fingerprint density at radius 2 is 2.21 bits per heavy atom. The Hall–Kier alpha value is -1.59. The molecule has 0 aliphatic carbocycles. The normalized spacial score (nSPS) is 18.7. The minimum Gasteiger partial charge on any atom is -0.337 e. The van der Waals surface area contributed by atoms with Gasteiger partial charge in [0.05, 0.1) is 11.0 Å². The van der Waals surface area contributed by atoms with Crippen LogP contribution in [0.4, 0.5) is 0 Å². The molecule has 3 rings (SSSR count). The minimum absolute atomic E-state index is 0. The van der Waals surface area contributed by atoms with Crippen LogP contribution in [0.25, 0.3) is 11.0 Å². The van der Waals surface area contributed by atoms with E-state index in [9.17, 15) is 4.79 Å². The number of aromatic amines is 1. The fourth-order valence-corrected chi connectivity index (χ4v) is 2.21. The molecule has 19 heavy (non-hydrogen) atoms. The lowest BCUT2D eigenvalue weighted by molar-refractivity contribution is -0.121. The topological polar surface area (TPSA) is 70.1 Å². The maximum Gasteiger partial charge on any atom is 0.240 e. The molecule has 2 heterocycles. The number of carbonyl (C=O) groups excluding carboxylic acids is 1. The molecule has 1 aliphatic heterocycles. The molecule has 1 amide bonds. The van der Waals surface area contributed by atoms with E-state index < -0.39 is 0 Å². The molecule has 0 radical (unpaired) electrons. The van der Waals surface area contributed by atoms with Gasteiger partial charge in [0, 0.05) is 17.4 Å². The third kappa shape index (κ3) is 2.57. The van der Waals surface area contributed by atoms with Gasteiger partial charge < -0.3 is 4.98 Å². The third-order valence-corrected chi connectivity index (χ3v) is 3.18. The number of hydrazone groups is 1. The Morgan fingerprint density at radius 1 is 1.42 bits per heavy atom. The SMILES string of the molecule is CC1CC(=O)NN=C1c1nc2ccc(Cl)cc2[nH]1.Cl. The molecule has 1 aliphatic rings. The molecule has 0 spiro atoms. The first kappa shape index (κ1) is 13.8. The second-order valence-electron chi connectivity index (χ2n) is 4.38. The zero-order valence-electron chi connectivity index (χ0n) is 10.1. The Balaban J connectivity index is 0.00000133. The van der Waals surface area contributed by atoms with Gasteiger partial charge in [0.25, 0.3) is 0 Å². The fraction of sp³-hybridized carbons (Fsp3) is 0.250. The van der Waals surface area contributed by atoms with E-state index in [-0.39, 0.29) is 24.2 Å². The van der Waals surface area contributed by atoms with Crippen LogP contribution in [0.3, 0.4) is 0 Å². The summed E-state index contributed by atoms with van der Waals surface area (Å²) in [6.45, 7) is 1.96. The van der Waals surface area contributed by atoms with E-state index in [1.165, 1.54) is 0 Å². The summed E-state index contributed by atoms with van der Waals surface area (Å²) in [5.74, 6) is 0.667. The second kappa shape index (κ2) is 5.19. The molecule has 5 nitrogen and oxygen atoms in total. The van der Waals surface area contributed by atoms with Crippen LogP contribution in [-0.4, -0.2) is 21.6 Å². The summed E-state index contributed by atoms with van der Waals surface area (Å²) in [5, 5.41) is 4.73. The first-order chi connectivity index (χ1) is 8.63. The summed E-state index contributed by atoms with van der Waals surface area (Å²) >= 11 is 5.93. The molecule has 100 valence electrons. The monoisotopic (exact) mass is 298 g/mol. The first-order valence-electron chi connectivity index (χ1n) is 5.65. The minimum atomic E-state index is -0.0644. The Bertz CT molecular complexity index is 665. The lowest BCUT2D eigenvalue weighted by Crippen LogP contribution is -2.32. The number of fused-ring (bicyclic) bond motifs is 1. The maximum absolute atomic E-state index is 11.2. The average Bonchev–Trinajstić information content (AvgIpc) is 2.71. The smallest absolute Gasteiger partial charge is 0.240 e. The standard InChI is InChI=1S/C12H11ClN4O.ClH/c1-6-4-10(18)16-17-11(6)12-14-8-3-2-7(13)5-9(8)15-12;/h2-3,5-6H,4H2,1H3,(H,14,15)(H,16,18);1H.